The quantitative estimate of drug-likeness (QED) is 0.700. The lowest BCUT2D eigenvalue weighted by molar-refractivity contribution is -0.142. The molecule has 30 heavy (non-hydrogen) atoms. The lowest BCUT2D eigenvalue weighted by Gasteiger charge is -2.35. The smallest absolute Gasteiger partial charge is 0.283 e. The fourth-order valence-electron chi connectivity index (χ4n) is 3.57. The highest BCUT2D eigenvalue weighted by Crippen LogP contribution is 2.35. The van der Waals surface area contributed by atoms with Crippen molar-refractivity contribution in [3.63, 3.8) is 0 Å². The van der Waals surface area contributed by atoms with Gasteiger partial charge in [-0.3, -0.25) is 10.3 Å². The van der Waals surface area contributed by atoms with Crippen molar-refractivity contribution >= 4 is 28.8 Å². The molecule has 0 aromatic heterocycles. The minimum absolute atomic E-state index is 0.303. The number of hydrogen-bond donors (Lipinski definition) is 2. The van der Waals surface area contributed by atoms with Crippen LogP contribution in [0.1, 0.15) is 18.4 Å². The molecule has 2 aromatic carbocycles. The van der Waals surface area contributed by atoms with Crippen LogP contribution in [0.25, 0.3) is 5.70 Å². The van der Waals surface area contributed by atoms with Crippen LogP contribution >= 0.6 is 12.2 Å². The summed E-state index contributed by atoms with van der Waals surface area (Å²) in [5.41, 5.74) is 5.55. The zero-order valence-electron chi connectivity index (χ0n) is 17.0. The van der Waals surface area contributed by atoms with Crippen molar-refractivity contribution in [2.45, 2.75) is 18.4 Å². The molecule has 4 rings (SSSR count). The van der Waals surface area contributed by atoms with Gasteiger partial charge in [-0.15, -0.1) is 5.06 Å². The van der Waals surface area contributed by atoms with Gasteiger partial charge in [0.1, 0.15) is 17.1 Å². The Hall–Kier alpha value is -2.81. The highest BCUT2D eigenvalue weighted by atomic mass is 32.1. The standard InChI is InChI=1S/C22H25N3O4S/c1-26-18-7-3-5-16(13-18)20-15-22(29-24-20)9-11-25(12-10-22)28-21(30)23-17-6-4-8-19(14-17)27-2/h3-8,13-15,24H,9-12H2,1-2H3,(H,23,30). The van der Waals surface area contributed by atoms with Crippen molar-refractivity contribution < 1.29 is 19.1 Å². The van der Waals surface area contributed by atoms with Gasteiger partial charge in [-0.05, 0) is 55.4 Å². The van der Waals surface area contributed by atoms with Crippen LogP contribution in [0.3, 0.4) is 0 Å². The maximum Gasteiger partial charge on any atom is 0.283 e. The number of anilines is 1. The van der Waals surface area contributed by atoms with Crippen LogP contribution in [-0.2, 0) is 9.68 Å². The maximum atomic E-state index is 5.97. The monoisotopic (exact) mass is 427 g/mol. The SMILES string of the molecule is COc1cccc(NC(=S)ON2CCC3(C=C(c4cccc(OC)c4)NO3)CC2)c1. The second-order valence-corrected chi connectivity index (χ2v) is 7.59. The molecule has 0 aliphatic carbocycles. The number of nitrogens with zero attached hydrogens (tertiary/aromatic N) is 1. The van der Waals surface area contributed by atoms with E-state index in [-0.39, 0.29) is 5.60 Å². The lowest BCUT2D eigenvalue weighted by Crippen LogP contribution is -2.45. The van der Waals surface area contributed by atoms with Crippen molar-refractivity contribution in [3.8, 4) is 11.5 Å². The van der Waals surface area contributed by atoms with Gasteiger partial charge in [0.2, 0.25) is 0 Å². The summed E-state index contributed by atoms with van der Waals surface area (Å²) in [4.78, 5) is 11.8. The molecule has 0 unspecified atom stereocenters. The van der Waals surface area contributed by atoms with Gasteiger partial charge in [0, 0.05) is 30.4 Å². The van der Waals surface area contributed by atoms with Gasteiger partial charge in [0.25, 0.3) is 5.17 Å². The van der Waals surface area contributed by atoms with Crippen LogP contribution in [0, 0.1) is 0 Å². The van der Waals surface area contributed by atoms with Crippen molar-refractivity contribution in [2.24, 2.45) is 0 Å². The third-order valence-electron chi connectivity index (χ3n) is 5.25. The second kappa shape index (κ2) is 8.91. The summed E-state index contributed by atoms with van der Waals surface area (Å²) in [6.45, 7) is 1.40. The van der Waals surface area contributed by atoms with Crippen LogP contribution in [0.5, 0.6) is 11.5 Å². The summed E-state index contributed by atoms with van der Waals surface area (Å²) < 4.78 is 10.5. The summed E-state index contributed by atoms with van der Waals surface area (Å²) in [6.07, 6.45) is 3.73. The van der Waals surface area contributed by atoms with E-state index < -0.39 is 0 Å². The zero-order chi connectivity index (χ0) is 21.0. The van der Waals surface area contributed by atoms with E-state index in [4.69, 9.17) is 31.4 Å². The summed E-state index contributed by atoms with van der Waals surface area (Å²) in [5.74, 6) is 1.57. The minimum Gasteiger partial charge on any atom is -0.497 e. The Labute approximate surface area is 181 Å². The first-order chi connectivity index (χ1) is 14.6. The molecule has 0 amide bonds. The predicted octanol–water partition coefficient (Wildman–Crippen LogP) is 3.74. The van der Waals surface area contributed by atoms with E-state index in [0.29, 0.717) is 18.3 Å². The molecule has 0 radical (unpaired) electrons. The molecular formula is C22H25N3O4S. The first-order valence-electron chi connectivity index (χ1n) is 9.78. The summed E-state index contributed by atoms with van der Waals surface area (Å²) >= 11 is 5.35. The van der Waals surface area contributed by atoms with Crippen LogP contribution in [0.4, 0.5) is 5.69 Å². The van der Waals surface area contributed by atoms with E-state index in [1.807, 2.05) is 53.6 Å². The molecule has 2 N–H and O–H groups in total. The van der Waals surface area contributed by atoms with E-state index in [2.05, 4.69) is 16.9 Å². The highest BCUT2D eigenvalue weighted by molar-refractivity contribution is 7.80. The fourth-order valence-corrected chi connectivity index (χ4v) is 3.80. The largest absolute Gasteiger partial charge is 0.497 e. The molecule has 158 valence electrons. The van der Waals surface area contributed by atoms with Crippen molar-refractivity contribution in [1.29, 1.82) is 0 Å². The Balaban J connectivity index is 1.32. The van der Waals surface area contributed by atoms with E-state index in [0.717, 1.165) is 41.3 Å². The number of nitrogens with one attached hydrogen (secondary N) is 2. The average molecular weight is 428 g/mol. The van der Waals surface area contributed by atoms with Gasteiger partial charge in [0.15, 0.2) is 0 Å². The Kier molecular flexibility index (Phi) is 6.08. The molecule has 2 aromatic rings. The van der Waals surface area contributed by atoms with Crippen LogP contribution in [-0.4, -0.2) is 43.1 Å². The molecule has 1 saturated heterocycles. The normalized spacial score (nSPS) is 17.7. The predicted molar refractivity (Wildman–Crippen MR) is 119 cm³/mol. The Morgan fingerprint density at radius 1 is 1.07 bits per heavy atom. The maximum absolute atomic E-state index is 5.97. The molecule has 0 saturated carbocycles. The number of methoxy groups -OCH3 is 2. The van der Waals surface area contributed by atoms with Crippen LogP contribution in [0.15, 0.2) is 54.6 Å². The summed E-state index contributed by atoms with van der Waals surface area (Å²) in [7, 11) is 3.29. The van der Waals surface area contributed by atoms with Gasteiger partial charge in [-0.1, -0.05) is 18.2 Å². The van der Waals surface area contributed by atoms with Gasteiger partial charge >= 0.3 is 0 Å². The Morgan fingerprint density at radius 2 is 1.77 bits per heavy atom. The molecule has 0 bridgehead atoms. The van der Waals surface area contributed by atoms with Gasteiger partial charge < -0.3 is 19.6 Å². The molecular weight excluding hydrogens is 402 g/mol. The number of rotatable bonds is 5. The number of ether oxygens (including phenoxy) is 2. The number of benzene rings is 2. The molecule has 1 fully saturated rings. The topological polar surface area (TPSA) is 64.2 Å². The van der Waals surface area contributed by atoms with Gasteiger partial charge in [0.05, 0.1) is 19.9 Å². The van der Waals surface area contributed by atoms with E-state index in [9.17, 15) is 0 Å². The first kappa shape index (κ1) is 20.5. The molecule has 2 aliphatic rings. The summed E-state index contributed by atoms with van der Waals surface area (Å²) in [5, 5.41) is 5.25. The van der Waals surface area contributed by atoms with Crippen molar-refractivity contribution in [2.75, 3.05) is 32.6 Å². The first-order valence-corrected chi connectivity index (χ1v) is 10.2. The second-order valence-electron chi connectivity index (χ2n) is 7.22. The van der Waals surface area contributed by atoms with Gasteiger partial charge in [-0.2, -0.15) is 0 Å². The van der Waals surface area contributed by atoms with Crippen molar-refractivity contribution in [3.05, 3.63) is 60.2 Å². The number of piperidine rings is 1. The third kappa shape index (κ3) is 4.67. The van der Waals surface area contributed by atoms with Crippen LogP contribution < -0.4 is 20.3 Å². The molecule has 1 spiro atoms. The van der Waals surface area contributed by atoms with Crippen LogP contribution in [0.2, 0.25) is 0 Å². The van der Waals surface area contributed by atoms with E-state index in [1.165, 1.54) is 0 Å². The Bertz CT molecular complexity index is 941. The Morgan fingerprint density at radius 3 is 2.50 bits per heavy atom. The van der Waals surface area contributed by atoms with E-state index in [1.54, 1.807) is 14.2 Å². The van der Waals surface area contributed by atoms with Crippen molar-refractivity contribution in [1.82, 2.24) is 10.5 Å². The van der Waals surface area contributed by atoms with E-state index >= 15 is 0 Å². The third-order valence-corrected chi connectivity index (χ3v) is 5.43. The lowest BCUT2D eigenvalue weighted by atomic mass is 9.91. The molecule has 2 aliphatic heterocycles. The molecule has 0 atom stereocenters. The highest BCUT2D eigenvalue weighted by Gasteiger charge is 2.39. The number of hydroxylamine groups is 3. The fraction of sp³-hybridized carbons (Fsp3) is 0.318. The average Bonchev–Trinajstić information content (AvgIpc) is 3.19. The molecule has 2 heterocycles. The summed E-state index contributed by atoms with van der Waals surface area (Å²) in [6, 6.07) is 15.5. The number of hydrogen-bond acceptors (Lipinski definition) is 7. The minimum atomic E-state index is -0.347. The molecule has 7 nitrogen and oxygen atoms in total. The zero-order valence-corrected chi connectivity index (χ0v) is 17.8. The molecule has 8 heteroatoms. The van der Waals surface area contributed by atoms with Gasteiger partial charge in [-0.25, -0.2) is 0 Å². The number of thiocarbonyl (C=S) groups is 1.